The van der Waals surface area contributed by atoms with Crippen LogP contribution in [0.1, 0.15) is 12.8 Å². The van der Waals surface area contributed by atoms with Crippen LogP contribution < -0.4 is 10.6 Å². The topological polar surface area (TPSA) is 41.1 Å². The molecule has 0 aliphatic carbocycles. The van der Waals surface area contributed by atoms with Crippen molar-refractivity contribution in [3.8, 4) is 0 Å². The quantitative estimate of drug-likeness (QED) is 0.656. The number of carbonyl (C=O) groups is 1. The molecule has 72 valence electrons. The van der Waals surface area contributed by atoms with E-state index in [0.717, 1.165) is 25.9 Å². The van der Waals surface area contributed by atoms with Crippen molar-refractivity contribution < 1.29 is 4.79 Å². The minimum absolute atomic E-state index is 0. The van der Waals surface area contributed by atoms with E-state index in [1.165, 1.54) is 0 Å². The maximum Gasteiger partial charge on any atom is 0.235 e. The molecule has 5 heteroatoms. The summed E-state index contributed by atoms with van der Waals surface area (Å²) in [4.78, 5) is 10.8. The first-order chi connectivity index (χ1) is 5.33. The second-order valence-electron chi connectivity index (χ2n) is 2.74. The average Bonchev–Trinajstić information content (AvgIpc) is 2.06. The number of nitrogens with one attached hydrogen (secondary N) is 2. The lowest BCUT2D eigenvalue weighted by atomic mass is 10.1. The van der Waals surface area contributed by atoms with Crippen LogP contribution in [0.25, 0.3) is 0 Å². The van der Waals surface area contributed by atoms with Gasteiger partial charge in [-0.15, -0.1) is 24.0 Å². The van der Waals surface area contributed by atoms with Gasteiger partial charge in [0.05, 0.1) is 0 Å². The zero-order valence-corrected chi connectivity index (χ0v) is 8.38. The van der Waals surface area contributed by atoms with Gasteiger partial charge >= 0.3 is 0 Å². The highest BCUT2D eigenvalue weighted by Crippen LogP contribution is 2.00. The molecule has 0 bridgehead atoms. The third kappa shape index (κ3) is 4.14. The first-order valence-corrected chi connectivity index (χ1v) is 4.42. The van der Waals surface area contributed by atoms with E-state index in [4.69, 9.17) is 11.6 Å². The van der Waals surface area contributed by atoms with Gasteiger partial charge in [-0.25, -0.2) is 0 Å². The summed E-state index contributed by atoms with van der Waals surface area (Å²) >= 11 is 5.34. The van der Waals surface area contributed by atoms with Gasteiger partial charge in [-0.2, -0.15) is 0 Å². The molecule has 0 saturated carbocycles. The lowest BCUT2D eigenvalue weighted by molar-refractivity contribution is -0.119. The number of halogens is 2. The molecule has 3 nitrogen and oxygen atoms in total. The molecule has 1 atom stereocenters. The Bertz CT molecular complexity index is 137. The number of rotatable bonds is 2. The molecule has 1 aliphatic heterocycles. The first kappa shape index (κ1) is 12.0. The summed E-state index contributed by atoms with van der Waals surface area (Å²) in [6, 6.07) is 0.287. The van der Waals surface area contributed by atoms with Crippen LogP contribution in [-0.4, -0.2) is 30.9 Å². The summed E-state index contributed by atoms with van der Waals surface area (Å²) < 4.78 is 0. The van der Waals surface area contributed by atoms with Crippen LogP contribution in [0.2, 0.25) is 0 Å². The molecule has 1 amide bonds. The number of hydrogen-bond acceptors (Lipinski definition) is 2. The van der Waals surface area contributed by atoms with Crippen LogP contribution in [0.15, 0.2) is 0 Å². The van der Waals surface area contributed by atoms with Crippen molar-refractivity contribution in [3.63, 3.8) is 0 Å². The van der Waals surface area contributed by atoms with E-state index >= 15 is 0 Å². The van der Waals surface area contributed by atoms with Crippen LogP contribution in [0.3, 0.4) is 0 Å². The van der Waals surface area contributed by atoms with Crippen molar-refractivity contribution in [1.29, 1.82) is 0 Å². The molecule has 0 unspecified atom stereocenters. The van der Waals surface area contributed by atoms with Gasteiger partial charge in [0, 0.05) is 12.6 Å². The highest BCUT2D eigenvalue weighted by atomic mass is 35.5. The predicted molar refractivity (Wildman–Crippen MR) is 52.0 cm³/mol. The maximum atomic E-state index is 10.8. The fourth-order valence-electron chi connectivity index (χ4n) is 1.24. The number of amides is 1. The minimum atomic E-state index is -0.0691. The molecule has 0 aromatic heterocycles. The van der Waals surface area contributed by atoms with Gasteiger partial charge in [0.2, 0.25) is 5.91 Å². The van der Waals surface area contributed by atoms with E-state index in [-0.39, 0.29) is 30.2 Å². The summed E-state index contributed by atoms with van der Waals surface area (Å²) in [6.07, 6.45) is 2.20. The molecule has 1 heterocycles. The lowest BCUT2D eigenvalue weighted by Crippen LogP contribution is -2.46. The van der Waals surface area contributed by atoms with E-state index < -0.39 is 0 Å². The lowest BCUT2D eigenvalue weighted by Gasteiger charge is -2.23. The SMILES string of the molecule is Cl.O=C(CCl)N[C@@H]1CCCNC1. The molecule has 0 aromatic carbocycles. The van der Waals surface area contributed by atoms with Crippen LogP contribution >= 0.6 is 24.0 Å². The fourth-order valence-corrected chi connectivity index (χ4v) is 1.32. The Morgan fingerprint density at radius 2 is 2.42 bits per heavy atom. The van der Waals surface area contributed by atoms with Crippen molar-refractivity contribution in [2.24, 2.45) is 0 Å². The number of piperidine rings is 1. The highest BCUT2D eigenvalue weighted by molar-refractivity contribution is 6.27. The van der Waals surface area contributed by atoms with E-state index in [1.54, 1.807) is 0 Å². The van der Waals surface area contributed by atoms with Gasteiger partial charge in [0.1, 0.15) is 5.88 Å². The van der Waals surface area contributed by atoms with Crippen molar-refractivity contribution in [2.45, 2.75) is 18.9 Å². The Balaban J connectivity index is 0.00000121. The minimum Gasteiger partial charge on any atom is -0.351 e. The van der Waals surface area contributed by atoms with Crippen LogP contribution in [0.5, 0.6) is 0 Å². The zero-order chi connectivity index (χ0) is 8.10. The van der Waals surface area contributed by atoms with E-state index in [1.807, 2.05) is 0 Å². The second-order valence-corrected chi connectivity index (χ2v) is 3.01. The average molecular weight is 213 g/mol. The molecule has 2 N–H and O–H groups in total. The number of alkyl halides is 1. The molecule has 12 heavy (non-hydrogen) atoms. The summed E-state index contributed by atoms with van der Waals surface area (Å²) in [7, 11) is 0. The van der Waals surface area contributed by atoms with Gasteiger partial charge < -0.3 is 10.6 Å². The number of carbonyl (C=O) groups excluding carboxylic acids is 1. The Kier molecular flexibility index (Phi) is 6.52. The molecular weight excluding hydrogens is 199 g/mol. The normalized spacial score (nSPS) is 22.6. The zero-order valence-electron chi connectivity index (χ0n) is 6.81. The van der Waals surface area contributed by atoms with E-state index in [9.17, 15) is 4.79 Å². The molecule has 1 rings (SSSR count). The summed E-state index contributed by atoms with van der Waals surface area (Å²) in [5, 5.41) is 6.04. The Labute approximate surface area is 83.6 Å². The van der Waals surface area contributed by atoms with Gasteiger partial charge in [0.25, 0.3) is 0 Å². The second kappa shape index (κ2) is 6.52. The van der Waals surface area contributed by atoms with Gasteiger partial charge in [-0.3, -0.25) is 4.79 Å². The van der Waals surface area contributed by atoms with Crippen molar-refractivity contribution >= 4 is 29.9 Å². The van der Waals surface area contributed by atoms with Crippen LogP contribution in [0.4, 0.5) is 0 Å². The third-order valence-electron chi connectivity index (χ3n) is 1.78. The van der Waals surface area contributed by atoms with E-state index in [0.29, 0.717) is 0 Å². The van der Waals surface area contributed by atoms with Crippen LogP contribution in [0, 0.1) is 0 Å². The summed E-state index contributed by atoms with van der Waals surface area (Å²) in [5.41, 5.74) is 0. The number of hydrogen-bond donors (Lipinski definition) is 2. The van der Waals surface area contributed by atoms with Crippen LogP contribution in [-0.2, 0) is 4.79 Å². The van der Waals surface area contributed by atoms with E-state index in [2.05, 4.69) is 10.6 Å². The standard InChI is InChI=1S/C7H13ClN2O.ClH/c8-4-7(11)10-6-2-1-3-9-5-6;/h6,9H,1-5H2,(H,10,11);1H/t6-;/m1./s1. The Morgan fingerprint density at radius 3 is 2.92 bits per heavy atom. The molecule has 1 fully saturated rings. The molecule has 1 aliphatic rings. The molecule has 0 spiro atoms. The molecule has 0 aromatic rings. The van der Waals surface area contributed by atoms with Gasteiger partial charge in [-0.1, -0.05) is 0 Å². The Hall–Kier alpha value is 0.01000. The van der Waals surface area contributed by atoms with Gasteiger partial charge in [-0.05, 0) is 19.4 Å². The maximum absolute atomic E-state index is 10.8. The fraction of sp³-hybridized carbons (Fsp3) is 0.857. The van der Waals surface area contributed by atoms with Crippen molar-refractivity contribution in [1.82, 2.24) is 10.6 Å². The summed E-state index contributed by atoms with van der Waals surface area (Å²) in [6.45, 7) is 1.94. The first-order valence-electron chi connectivity index (χ1n) is 3.89. The predicted octanol–water partition coefficient (Wildman–Crippen LogP) is 0.515. The monoisotopic (exact) mass is 212 g/mol. The smallest absolute Gasteiger partial charge is 0.235 e. The Morgan fingerprint density at radius 1 is 1.67 bits per heavy atom. The molecular formula is C7H14Cl2N2O. The van der Waals surface area contributed by atoms with Crippen molar-refractivity contribution in [2.75, 3.05) is 19.0 Å². The van der Waals surface area contributed by atoms with Gasteiger partial charge in [0.15, 0.2) is 0 Å². The van der Waals surface area contributed by atoms with Crippen molar-refractivity contribution in [3.05, 3.63) is 0 Å². The largest absolute Gasteiger partial charge is 0.351 e. The third-order valence-corrected chi connectivity index (χ3v) is 2.03. The highest BCUT2D eigenvalue weighted by Gasteiger charge is 2.13. The summed E-state index contributed by atoms with van der Waals surface area (Å²) in [5.74, 6) is -0.00313. The molecule has 1 saturated heterocycles. The molecule has 0 radical (unpaired) electrons.